The molecule has 0 radical (unpaired) electrons. The van der Waals surface area contributed by atoms with Gasteiger partial charge in [-0.25, -0.2) is 4.98 Å². The van der Waals surface area contributed by atoms with Gasteiger partial charge in [0, 0.05) is 15.4 Å². The zero-order valence-corrected chi connectivity index (χ0v) is 13.2. The van der Waals surface area contributed by atoms with Gasteiger partial charge in [-0.3, -0.25) is 4.79 Å². The Labute approximate surface area is 134 Å². The van der Waals surface area contributed by atoms with Gasteiger partial charge in [-0.05, 0) is 36.4 Å². The Morgan fingerprint density at radius 2 is 2.19 bits per heavy atom. The smallest absolute Gasteiger partial charge is 0.185 e. The highest BCUT2D eigenvalue weighted by atomic mass is 79.9. The fraction of sp³-hybridized carbons (Fsp3) is 0. The monoisotopic (exact) mass is 359 g/mol. The predicted molar refractivity (Wildman–Crippen MR) is 87.3 cm³/mol. The SMILES string of the molecule is O=C(/C=C/c1csc(-c2ccco2)n1)c1cccc(Br)c1. The van der Waals surface area contributed by atoms with Gasteiger partial charge in [-0.2, -0.15) is 0 Å². The van der Waals surface area contributed by atoms with E-state index in [1.54, 1.807) is 24.5 Å². The molecule has 3 rings (SSSR count). The Balaban J connectivity index is 1.76. The molecule has 1 aromatic carbocycles. The normalized spacial score (nSPS) is 11.1. The van der Waals surface area contributed by atoms with Crippen LogP contribution in [0.3, 0.4) is 0 Å². The maximum Gasteiger partial charge on any atom is 0.185 e. The second kappa shape index (κ2) is 6.20. The number of halogens is 1. The van der Waals surface area contributed by atoms with E-state index in [0.717, 1.165) is 20.9 Å². The zero-order chi connectivity index (χ0) is 14.7. The molecule has 0 fully saturated rings. The number of thiazole rings is 1. The van der Waals surface area contributed by atoms with Crippen LogP contribution in [-0.4, -0.2) is 10.8 Å². The Hall–Kier alpha value is -1.98. The van der Waals surface area contributed by atoms with E-state index in [0.29, 0.717) is 5.56 Å². The zero-order valence-electron chi connectivity index (χ0n) is 10.8. The highest BCUT2D eigenvalue weighted by molar-refractivity contribution is 9.10. The third kappa shape index (κ3) is 3.37. The summed E-state index contributed by atoms with van der Waals surface area (Å²) in [5.41, 5.74) is 1.39. The van der Waals surface area contributed by atoms with E-state index in [1.807, 2.05) is 29.6 Å². The van der Waals surface area contributed by atoms with Crippen LogP contribution in [-0.2, 0) is 0 Å². The number of allylic oxidation sites excluding steroid dienone is 1. The van der Waals surface area contributed by atoms with E-state index in [2.05, 4.69) is 20.9 Å². The maximum atomic E-state index is 12.1. The lowest BCUT2D eigenvalue weighted by Gasteiger charge is -1.95. The number of benzene rings is 1. The van der Waals surface area contributed by atoms with Gasteiger partial charge in [-0.1, -0.05) is 28.1 Å². The van der Waals surface area contributed by atoms with Crippen molar-refractivity contribution >= 4 is 39.1 Å². The van der Waals surface area contributed by atoms with Crippen LogP contribution in [0.15, 0.2) is 63.0 Å². The summed E-state index contributed by atoms with van der Waals surface area (Å²) in [4.78, 5) is 16.5. The van der Waals surface area contributed by atoms with Gasteiger partial charge < -0.3 is 4.42 Å². The summed E-state index contributed by atoms with van der Waals surface area (Å²) in [6, 6.07) is 11.0. The lowest BCUT2D eigenvalue weighted by atomic mass is 10.1. The third-order valence-electron chi connectivity index (χ3n) is 2.77. The summed E-state index contributed by atoms with van der Waals surface area (Å²) in [5.74, 6) is 0.682. The van der Waals surface area contributed by atoms with Crippen LogP contribution in [0.4, 0.5) is 0 Å². The molecule has 3 nitrogen and oxygen atoms in total. The Kier molecular flexibility index (Phi) is 4.13. The van der Waals surface area contributed by atoms with Crippen molar-refractivity contribution in [1.29, 1.82) is 0 Å². The molecule has 0 saturated carbocycles. The standard InChI is InChI=1S/C16H10BrNO2S/c17-12-4-1-3-11(9-12)14(19)7-6-13-10-21-16(18-13)15-5-2-8-20-15/h1-10H/b7-6+. The van der Waals surface area contributed by atoms with E-state index in [9.17, 15) is 4.79 Å². The van der Waals surface area contributed by atoms with Gasteiger partial charge in [0.25, 0.3) is 0 Å². The number of furan rings is 1. The van der Waals surface area contributed by atoms with Crippen molar-refractivity contribution in [2.75, 3.05) is 0 Å². The van der Waals surface area contributed by atoms with Gasteiger partial charge in [-0.15, -0.1) is 11.3 Å². The number of ketones is 1. The molecule has 2 aromatic heterocycles. The van der Waals surface area contributed by atoms with E-state index in [-0.39, 0.29) is 5.78 Å². The van der Waals surface area contributed by atoms with Gasteiger partial charge in [0.1, 0.15) is 0 Å². The molecule has 0 amide bonds. The second-order valence-corrected chi connectivity index (χ2v) is 6.04. The Bertz CT molecular complexity index is 790. The lowest BCUT2D eigenvalue weighted by molar-refractivity contribution is 0.104. The highest BCUT2D eigenvalue weighted by Gasteiger charge is 2.06. The largest absolute Gasteiger partial charge is 0.462 e. The van der Waals surface area contributed by atoms with E-state index < -0.39 is 0 Å². The molecule has 0 atom stereocenters. The fourth-order valence-corrected chi connectivity index (χ4v) is 2.93. The summed E-state index contributed by atoms with van der Waals surface area (Å²) in [7, 11) is 0. The molecule has 0 aliphatic carbocycles. The predicted octanol–water partition coefficient (Wildman–Crippen LogP) is 5.06. The highest BCUT2D eigenvalue weighted by Crippen LogP contribution is 2.24. The van der Waals surface area contributed by atoms with Gasteiger partial charge >= 0.3 is 0 Å². The summed E-state index contributed by atoms with van der Waals surface area (Å²) in [5, 5.41) is 2.69. The minimum Gasteiger partial charge on any atom is -0.462 e. The van der Waals surface area contributed by atoms with Crippen LogP contribution in [0.2, 0.25) is 0 Å². The molecule has 0 aliphatic heterocycles. The first kappa shape index (κ1) is 14.0. The van der Waals surface area contributed by atoms with Crippen molar-refractivity contribution in [1.82, 2.24) is 4.98 Å². The topological polar surface area (TPSA) is 43.1 Å². The van der Waals surface area contributed by atoms with Crippen LogP contribution >= 0.6 is 27.3 Å². The molecular weight excluding hydrogens is 350 g/mol. The average molecular weight is 360 g/mol. The first-order valence-electron chi connectivity index (χ1n) is 6.20. The maximum absolute atomic E-state index is 12.1. The molecule has 5 heteroatoms. The number of hydrogen-bond donors (Lipinski definition) is 0. The van der Waals surface area contributed by atoms with Crippen molar-refractivity contribution in [3.63, 3.8) is 0 Å². The molecule has 21 heavy (non-hydrogen) atoms. The molecular formula is C16H10BrNO2S. The molecule has 104 valence electrons. The van der Waals surface area contributed by atoms with Crippen LogP contribution in [0.25, 0.3) is 16.8 Å². The summed E-state index contributed by atoms with van der Waals surface area (Å²) in [6.07, 6.45) is 4.86. The van der Waals surface area contributed by atoms with Crippen molar-refractivity contribution in [3.05, 3.63) is 69.8 Å². The minimum absolute atomic E-state index is 0.0520. The summed E-state index contributed by atoms with van der Waals surface area (Å²) in [6.45, 7) is 0. The van der Waals surface area contributed by atoms with Gasteiger partial charge in [0.2, 0.25) is 0 Å². The number of hydrogen-bond acceptors (Lipinski definition) is 4. The van der Waals surface area contributed by atoms with Crippen molar-refractivity contribution < 1.29 is 9.21 Å². The summed E-state index contributed by atoms with van der Waals surface area (Å²) >= 11 is 4.84. The third-order valence-corrected chi connectivity index (χ3v) is 4.14. The molecule has 0 unspecified atom stereocenters. The first-order chi connectivity index (χ1) is 10.2. The number of nitrogens with zero attached hydrogens (tertiary/aromatic N) is 1. The van der Waals surface area contributed by atoms with E-state index >= 15 is 0 Å². The quantitative estimate of drug-likeness (QED) is 0.482. The molecule has 2 heterocycles. The van der Waals surface area contributed by atoms with Crippen LogP contribution in [0, 0.1) is 0 Å². The fourth-order valence-electron chi connectivity index (χ4n) is 1.78. The Morgan fingerprint density at radius 1 is 1.29 bits per heavy atom. The molecule has 0 N–H and O–H groups in total. The number of rotatable bonds is 4. The number of aromatic nitrogens is 1. The molecule has 0 aliphatic rings. The van der Waals surface area contributed by atoms with E-state index in [1.165, 1.54) is 17.4 Å². The van der Waals surface area contributed by atoms with Gasteiger partial charge in [0.15, 0.2) is 16.6 Å². The number of carbonyl (C=O) groups excluding carboxylic acids is 1. The van der Waals surface area contributed by atoms with E-state index in [4.69, 9.17) is 4.42 Å². The first-order valence-corrected chi connectivity index (χ1v) is 7.87. The second-order valence-electron chi connectivity index (χ2n) is 4.26. The van der Waals surface area contributed by atoms with Crippen LogP contribution in [0.5, 0.6) is 0 Å². The number of carbonyl (C=O) groups is 1. The molecule has 0 bridgehead atoms. The minimum atomic E-state index is -0.0520. The van der Waals surface area contributed by atoms with Crippen LogP contribution in [0.1, 0.15) is 16.1 Å². The van der Waals surface area contributed by atoms with Crippen molar-refractivity contribution in [2.45, 2.75) is 0 Å². The molecule has 0 saturated heterocycles. The van der Waals surface area contributed by atoms with Crippen molar-refractivity contribution in [2.24, 2.45) is 0 Å². The van der Waals surface area contributed by atoms with Gasteiger partial charge in [0.05, 0.1) is 12.0 Å². The Morgan fingerprint density at radius 3 is 2.95 bits per heavy atom. The molecule has 3 aromatic rings. The summed E-state index contributed by atoms with van der Waals surface area (Å²) < 4.78 is 6.18. The lowest BCUT2D eigenvalue weighted by Crippen LogP contribution is -1.93. The van der Waals surface area contributed by atoms with Crippen molar-refractivity contribution in [3.8, 4) is 10.8 Å². The average Bonchev–Trinajstić information content (AvgIpc) is 3.15. The van der Waals surface area contributed by atoms with Crippen LogP contribution < -0.4 is 0 Å². The molecule has 0 spiro atoms.